The van der Waals surface area contributed by atoms with Crippen LogP contribution in [0.3, 0.4) is 0 Å². The molecule has 5 heteroatoms. The summed E-state index contributed by atoms with van der Waals surface area (Å²) in [5.74, 6) is 0.534. The van der Waals surface area contributed by atoms with Gasteiger partial charge in [-0.3, -0.25) is 9.78 Å². The van der Waals surface area contributed by atoms with Gasteiger partial charge in [0.25, 0.3) is 5.91 Å². The summed E-state index contributed by atoms with van der Waals surface area (Å²) in [6.07, 6.45) is 4.26. The molecule has 0 radical (unpaired) electrons. The van der Waals surface area contributed by atoms with E-state index >= 15 is 0 Å². The van der Waals surface area contributed by atoms with Crippen LogP contribution in [0.4, 0.5) is 0 Å². The van der Waals surface area contributed by atoms with Gasteiger partial charge in [-0.25, -0.2) is 0 Å². The second-order valence-corrected chi connectivity index (χ2v) is 8.63. The smallest absolute Gasteiger partial charge is 0.281 e. The summed E-state index contributed by atoms with van der Waals surface area (Å²) in [5, 5.41) is 0. The summed E-state index contributed by atoms with van der Waals surface area (Å²) in [4.78, 5) is 23.4. The first-order chi connectivity index (χ1) is 11.3. The highest BCUT2D eigenvalue weighted by atomic mass is 32.1. The fraction of sp³-hybridized carbons (Fsp3) is 0.526. The van der Waals surface area contributed by atoms with Gasteiger partial charge in [0.2, 0.25) is 0 Å². The predicted octanol–water partition coefficient (Wildman–Crippen LogP) is 4.01. The minimum atomic E-state index is -0.202. The molecule has 2 aromatic rings. The van der Waals surface area contributed by atoms with Gasteiger partial charge in [0, 0.05) is 23.3 Å². The molecule has 0 spiro atoms. The van der Waals surface area contributed by atoms with Gasteiger partial charge in [0.1, 0.15) is 0 Å². The van der Waals surface area contributed by atoms with Crippen LogP contribution < -0.4 is 4.80 Å². The number of amides is 1. The van der Waals surface area contributed by atoms with Gasteiger partial charge >= 0.3 is 0 Å². The number of hydrogen-bond donors (Lipinski definition) is 0. The lowest BCUT2D eigenvalue weighted by molar-refractivity contribution is 0.0996. The Morgan fingerprint density at radius 2 is 2.08 bits per heavy atom. The molecule has 4 nitrogen and oxygen atoms in total. The maximum atomic E-state index is 12.6. The Bertz CT molecular complexity index is 835. The first-order valence-electron chi connectivity index (χ1n) is 8.48. The summed E-state index contributed by atoms with van der Waals surface area (Å²) in [6, 6.07) is 3.58. The maximum absolute atomic E-state index is 12.6. The van der Waals surface area contributed by atoms with Gasteiger partial charge in [-0.2, -0.15) is 4.99 Å². The fourth-order valence-corrected chi connectivity index (χ4v) is 4.09. The number of hydrogen-bond acceptors (Lipinski definition) is 3. The zero-order chi connectivity index (χ0) is 17.5. The van der Waals surface area contributed by atoms with Crippen molar-refractivity contribution in [2.75, 3.05) is 0 Å². The highest BCUT2D eigenvalue weighted by Crippen LogP contribution is 2.33. The average Bonchev–Trinajstić information content (AvgIpc) is 3.26. The summed E-state index contributed by atoms with van der Waals surface area (Å²) in [6.45, 7) is 11.6. The van der Waals surface area contributed by atoms with E-state index < -0.39 is 0 Å². The average molecular weight is 343 g/mol. The highest BCUT2D eigenvalue weighted by molar-refractivity contribution is 7.09. The standard InChI is InChI=1S/C19H25N3OS/c1-12-15(7-6-10-20-12)17(23)21-18-22(11-14-8-9-14)13(2)16(24-18)19(3,4)5/h6-7,10,14H,8-9,11H2,1-5H3. The van der Waals surface area contributed by atoms with Crippen molar-refractivity contribution in [2.24, 2.45) is 10.9 Å². The molecule has 24 heavy (non-hydrogen) atoms. The molecule has 1 amide bonds. The molecule has 0 atom stereocenters. The normalized spacial score (nSPS) is 15.8. The van der Waals surface area contributed by atoms with Gasteiger partial charge in [-0.05, 0) is 50.2 Å². The minimum Gasteiger partial charge on any atom is -0.320 e. The maximum Gasteiger partial charge on any atom is 0.281 e. The van der Waals surface area contributed by atoms with Crippen molar-refractivity contribution >= 4 is 17.2 Å². The van der Waals surface area contributed by atoms with Crippen molar-refractivity contribution < 1.29 is 4.79 Å². The van der Waals surface area contributed by atoms with Gasteiger partial charge in [-0.15, -0.1) is 11.3 Å². The number of aryl methyl sites for hydroxylation is 1. The summed E-state index contributed by atoms with van der Waals surface area (Å²) in [5.41, 5.74) is 2.61. The Balaban J connectivity index is 2.08. The molecule has 0 saturated heterocycles. The Morgan fingerprint density at radius 1 is 1.38 bits per heavy atom. The summed E-state index contributed by atoms with van der Waals surface area (Å²) < 4.78 is 2.24. The molecule has 0 N–H and O–H groups in total. The Labute approximate surface area is 147 Å². The number of rotatable bonds is 3. The summed E-state index contributed by atoms with van der Waals surface area (Å²) in [7, 11) is 0. The van der Waals surface area contributed by atoms with Crippen molar-refractivity contribution in [3.05, 3.63) is 45.0 Å². The highest BCUT2D eigenvalue weighted by Gasteiger charge is 2.27. The van der Waals surface area contributed by atoms with E-state index in [4.69, 9.17) is 0 Å². The quantitative estimate of drug-likeness (QED) is 0.845. The van der Waals surface area contributed by atoms with Crippen LogP contribution in [0, 0.1) is 19.8 Å². The van der Waals surface area contributed by atoms with Crippen LogP contribution in [0.1, 0.15) is 60.2 Å². The molecule has 0 aromatic carbocycles. The number of pyridine rings is 1. The Morgan fingerprint density at radius 3 is 2.67 bits per heavy atom. The van der Waals surface area contributed by atoms with Crippen LogP contribution >= 0.6 is 11.3 Å². The third-order valence-electron chi connectivity index (χ3n) is 4.41. The number of aromatic nitrogens is 2. The van der Waals surface area contributed by atoms with E-state index in [1.165, 1.54) is 23.4 Å². The number of carbonyl (C=O) groups excluding carboxylic acids is 1. The first-order valence-corrected chi connectivity index (χ1v) is 9.30. The third-order valence-corrected chi connectivity index (χ3v) is 6.02. The van der Waals surface area contributed by atoms with Crippen molar-refractivity contribution in [2.45, 2.75) is 59.4 Å². The molecule has 0 aliphatic heterocycles. The van der Waals surface area contributed by atoms with Gasteiger partial charge in [0.15, 0.2) is 4.80 Å². The lowest BCUT2D eigenvalue weighted by Gasteiger charge is -2.17. The molecular formula is C19H25N3OS. The molecule has 2 aromatic heterocycles. The molecule has 0 bridgehead atoms. The largest absolute Gasteiger partial charge is 0.320 e. The molecule has 1 aliphatic carbocycles. The Hall–Kier alpha value is -1.75. The fourth-order valence-electron chi connectivity index (χ4n) is 2.90. The second-order valence-electron chi connectivity index (χ2n) is 7.66. The van der Waals surface area contributed by atoms with E-state index in [0.717, 1.165) is 23.0 Å². The SMILES string of the molecule is Cc1ncccc1C(=O)N=c1sc(C(C)(C)C)c(C)n1CC1CC1. The van der Waals surface area contributed by atoms with Gasteiger partial charge in [0.05, 0.1) is 11.3 Å². The van der Waals surface area contributed by atoms with Crippen LogP contribution in [0.2, 0.25) is 0 Å². The molecule has 1 saturated carbocycles. The van der Waals surface area contributed by atoms with Crippen LogP contribution in [0.15, 0.2) is 23.3 Å². The molecule has 128 valence electrons. The van der Waals surface area contributed by atoms with E-state index in [1.54, 1.807) is 29.7 Å². The van der Waals surface area contributed by atoms with E-state index in [9.17, 15) is 4.79 Å². The molecular weight excluding hydrogens is 318 g/mol. The van der Waals surface area contributed by atoms with Crippen LogP contribution in [-0.2, 0) is 12.0 Å². The summed E-state index contributed by atoms with van der Waals surface area (Å²) >= 11 is 1.65. The van der Waals surface area contributed by atoms with E-state index in [2.05, 4.69) is 42.2 Å². The van der Waals surface area contributed by atoms with Crippen LogP contribution in [0.25, 0.3) is 0 Å². The third kappa shape index (κ3) is 3.51. The monoisotopic (exact) mass is 343 g/mol. The molecule has 0 unspecified atom stereocenters. The van der Waals surface area contributed by atoms with E-state index in [0.29, 0.717) is 5.56 Å². The zero-order valence-electron chi connectivity index (χ0n) is 15.1. The second kappa shape index (κ2) is 6.28. The van der Waals surface area contributed by atoms with E-state index in [1.807, 2.05) is 6.92 Å². The van der Waals surface area contributed by atoms with Gasteiger partial charge < -0.3 is 4.57 Å². The van der Waals surface area contributed by atoms with Crippen molar-refractivity contribution in [3.63, 3.8) is 0 Å². The van der Waals surface area contributed by atoms with Gasteiger partial charge in [-0.1, -0.05) is 20.8 Å². The Kier molecular flexibility index (Phi) is 4.47. The number of nitrogens with zero attached hydrogens (tertiary/aromatic N) is 3. The van der Waals surface area contributed by atoms with Crippen molar-refractivity contribution in [3.8, 4) is 0 Å². The topological polar surface area (TPSA) is 47.2 Å². The predicted molar refractivity (Wildman–Crippen MR) is 97.3 cm³/mol. The zero-order valence-corrected chi connectivity index (χ0v) is 15.9. The lowest BCUT2D eigenvalue weighted by Crippen LogP contribution is -2.20. The van der Waals surface area contributed by atoms with Crippen LogP contribution in [0.5, 0.6) is 0 Å². The first kappa shape index (κ1) is 17.1. The number of thiazole rings is 1. The molecule has 3 rings (SSSR count). The van der Waals surface area contributed by atoms with Crippen LogP contribution in [-0.4, -0.2) is 15.5 Å². The minimum absolute atomic E-state index is 0.0566. The molecule has 1 fully saturated rings. The molecule has 2 heterocycles. The van der Waals surface area contributed by atoms with E-state index in [-0.39, 0.29) is 11.3 Å². The molecule has 1 aliphatic rings. The van der Waals surface area contributed by atoms with Crippen molar-refractivity contribution in [1.82, 2.24) is 9.55 Å². The number of carbonyl (C=O) groups is 1. The van der Waals surface area contributed by atoms with Crippen molar-refractivity contribution in [1.29, 1.82) is 0 Å². The lowest BCUT2D eigenvalue weighted by atomic mass is 9.93.